The molecule has 5 aromatic rings. The number of rotatable bonds is 9. The average Bonchev–Trinajstić information content (AvgIpc) is 3.58. The van der Waals surface area contributed by atoms with E-state index in [1.807, 2.05) is 21.4 Å². The molecule has 8 heteroatoms. The quantitative estimate of drug-likeness (QED) is 0.312. The van der Waals surface area contributed by atoms with Gasteiger partial charge in [0.2, 0.25) is 5.82 Å². The number of tetrazole rings is 1. The van der Waals surface area contributed by atoms with E-state index in [0.29, 0.717) is 12.4 Å². The molecule has 0 saturated carbocycles. The van der Waals surface area contributed by atoms with Gasteiger partial charge in [-0.25, -0.2) is 4.79 Å². The first kappa shape index (κ1) is 24.4. The molecule has 0 atom stereocenters. The second kappa shape index (κ2) is 10.7. The highest BCUT2D eigenvalue weighted by atomic mass is 16.1. The summed E-state index contributed by atoms with van der Waals surface area (Å²) in [5.74, 6) is 0.525. The second-order valence-corrected chi connectivity index (χ2v) is 9.09. The highest BCUT2D eigenvalue weighted by Gasteiger charge is 2.17. The third-order valence-electron chi connectivity index (χ3n) is 6.79. The summed E-state index contributed by atoms with van der Waals surface area (Å²) >= 11 is 0. The number of para-hydroxylation sites is 1. The van der Waals surface area contributed by atoms with E-state index in [-0.39, 0.29) is 5.69 Å². The molecule has 0 spiro atoms. The van der Waals surface area contributed by atoms with Crippen LogP contribution < -0.4 is 5.69 Å². The van der Waals surface area contributed by atoms with Crippen LogP contribution in [0.4, 0.5) is 0 Å². The number of nitrogens with one attached hydrogen (secondary N) is 1. The van der Waals surface area contributed by atoms with Gasteiger partial charge in [0, 0.05) is 35.4 Å². The molecule has 0 fully saturated rings. The molecule has 37 heavy (non-hydrogen) atoms. The lowest BCUT2D eigenvalue weighted by Gasteiger charge is -2.13. The van der Waals surface area contributed by atoms with Crippen molar-refractivity contribution >= 4 is 0 Å². The maximum absolute atomic E-state index is 13.8. The van der Waals surface area contributed by atoms with Crippen LogP contribution in [0.5, 0.6) is 0 Å². The fraction of sp³-hybridized carbons (Fsp3) is 0.276. The molecule has 0 aliphatic heterocycles. The van der Waals surface area contributed by atoms with Gasteiger partial charge in [-0.3, -0.25) is 14.1 Å². The summed E-state index contributed by atoms with van der Waals surface area (Å²) in [5, 5.41) is 14.4. The summed E-state index contributed by atoms with van der Waals surface area (Å²) in [4.78, 5) is 18.1. The van der Waals surface area contributed by atoms with E-state index in [4.69, 9.17) is 0 Å². The molecule has 0 bridgehead atoms. The standard InChI is InChI=1S/C29H31N7O/c1-4-8-24-19-36(27-21(5-2)9-7-10-22(27)6-3)29(37)35(24)18-20-11-13-23(14-12-20)26-17-30-16-15-25(26)28-31-33-34-32-28/h7,9-17,19H,4-6,8,18H2,1-3H3,(H,31,32,33,34). The number of nitrogens with zero attached hydrogens (tertiary/aromatic N) is 6. The van der Waals surface area contributed by atoms with Gasteiger partial charge in [0.15, 0.2) is 0 Å². The minimum Gasteiger partial charge on any atom is -0.292 e. The van der Waals surface area contributed by atoms with Gasteiger partial charge in [-0.1, -0.05) is 69.7 Å². The van der Waals surface area contributed by atoms with Gasteiger partial charge >= 0.3 is 5.69 Å². The first-order valence-electron chi connectivity index (χ1n) is 12.8. The van der Waals surface area contributed by atoms with Crippen LogP contribution in [-0.4, -0.2) is 34.7 Å². The Kier molecular flexibility index (Phi) is 7.07. The molecule has 0 aliphatic rings. The largest absolute Gasteiger partial charge is 0.333 e. The Labute approximate surface area is 216 Å². The van der Waals surface area contributed by atoms with Gasteiger partial charge in [-0.05, 0) is 52.8 Å². The molecule has 0 unspecified atom stereocenters. The number of hydrogen-bond acceptors (Lipinski definition) is 5. The summed E-state index contributed by atoms with van der Waals surface area (Å²) < 4.78 is 3.78. The van der Waals surface area contributed by atoms with Crippen molar-refractivity contribution in [2.75, 3.05) is 0 Å². The van der Waals surface area contributed by atoms with Gasteiger partial charge in [0.25, 0.3) is 0 Å². The number of imidazole rings is 1. The topological polar surface area (TPSA) is 94.3 Å². The lowest BCUT2D eigenvalue weighted by atomic mass is 10.0. The van der Waals surface area contributed by atoms with E-state index in [1.54, 1.807) is 12.4 Å². The van der Waals surface area contributed by atoms with E-state index in [1.165, 1.54) is 11.1 Å². The number of hydrogen-bond donors (Lipinski definition) is 1. The minimum atomic E-state index is 0.00905. The maximum Gasteiger partial charge on any atom is 0.333 e. The molecule has 8 nitrogen and oxygen atoms in total. The number of aryl methyl sites for hydroxylation is 3. The number of H-pyrrole nitrogens is 1. The molecule has 2 aromatic carbocycles. The first-order chi connectivity index (χ1) is 18.1. The average molecular weight is 494 g/mol. The van der Waals surface area contributed by atoms with Crippen LogP contribution in [0.2, 0.25) is 0 Å². The maximum atomic E-state index is 13.8. The monoisotopic (exact) mass is 493 g/mol. The minimum absolute atomic E-state index is 0.00905. The highest BCUT2D eigenvalue weighted by Crippen LogP contribution is 2.29. The van der Waals surface area contributed by atoms with Crippen LogP contribution in [0.1, 0.15) is 49.6 Å². The molecule has 0 radical (unpaired) electrons. The Bertz CT molecular complexity index is 1520. The zero-order valence-electron chi connectivity index (χ0n) is 21.5. The second-order valence-electron chi connectivity index (χ2n) is 9.09. The van der Waals surface area contributed by atoms with Crippen molar-refractivity contribution in [2.45, 2.75) is 53.0 Å². The normalized spacial score (nSPS) is 11.2. The van der Waals surface area contributed by atoms with Crippen molar-refractivity contribution in [2.24, 2.45) is 0 Å². The summed E-state index contributed by atoms with van der Waals surface area (Å²) in [6.07, 6.45) is 9.15. The van der Waals surface area contributed by atoms with Crippen molar-refractivity contribution < 1.29 is 0 Å². The van der Waals surface area contributed by atoms with Crippen LogP contribution in [0.25, 0.3) is 28.2 Å². The highest BCUT2D eigenvalue weighted by molar-refractivity contribution is 5.79. The van der Waals surface area contributed by atoms with Crippen molar-refractivity contribution in [3.8, 4) is 28.2 Å². The first-order valence-corrected chi connectivity index (χ1v) is 12.8. The van der Waals surface area contributed by atoms with Crippen LogP contribution in [0.15, 0.2) is 71.9 Å². The molecular weight excluding hydrogens is 462 g/mol. The molecule has 0 aliphatic carbocycles. The molecular formula is C29H31N7O. The lowest BCUT2D eigenvalue weighted by molar-refractivity contribution is 0.690. The Balaban J connectivity index is 1.51. The zero-order valence-corrected chi connectivity index (χ0v) is 21.5. The third-order valence-corrected chi connectivity index (χ3v) is 6.79. The van der Waals surface area contributed by atoms with Gasteiger partial charge < -0.3 is 0 Å². The van der Waals surface area contributed by atoms with Crippen LogP contribution >= 0.6 is 0 Å². The summed E-state index contributed by atoms with van der Waals surface area (Å²) in [5.41, 5.74) is 8.33. The van der Waals surface area contributed by atoms with Crippen LogP contribution in [0, 0.1) is 0 Å². The fourth-order valence-corrected chi connectivity index (χ4v) is 4.90. The SMILES string of the molecule is CCCc1cn(-c2c(CC)cccc2CC)c(=O)n1Cc1ccc(-c2cnccc2-c2nn[nH]n2)cc1. The Morgan fingerprint density at radius 2 is 1.68 bits per heavy atom. The Morgan fingerprint density at radius 1 is 0.919 bits per heavy atom. The molecule has 3 heterocycles. The van der Waals surface area contributed by atoms with Crippen molar-refractivity contribution in [1.29, 1.82) is 0 Å². The van der Waals surface area contributed by atoms with Gasteiger partial charge in [0.05, 0.1) is 12.2 Å². The van der Waals surface area contributed by atoms with Crippen LogP contribution in [-0.2, 0) is 25.8 Å². The van der Waals surface area contributed by atoms with Crippen LogP contribution in [0.3, 0.4) is 0 Å². The van der Waals surface area contributed by atoms with Crippen molar-refractivity contribution in [1.82, 2.24) is 34.7 Å². The van der Waals surface area contributed by atoms with Crippen molar-refractivity contribution in [3.63, 3.8) is 0 Å². The summed E-state index contributed by atoms with van der Waals surface area (Å²) in [6, 6.07) is 16.5. The summed E-state index contributed by atoms with van der Waals surface area (Å²) in [7, 11) is 0. The van der Waals surface area contributed by atoms with E-state index < -0.39 is 0 Å². The molecule has 188 valence electrons. The predicted molar refractivity (Wildman–Crippen MR) is 145 cm³/mol. The Morgan fingerprint density at radius 3 is 2.32 bits per heavy atom. The third kappa shape index (κ3) is 4.74. The molecule has 1 N–H and O–H groups in total. The fourth-order valence-electron chi connectivity index (χ4n) is 4.90. The molecule has 0 amide bonds. The molecule has 0 saturated heterocycles. The van der Waals surface area contributed by atoms with E-state index in [0.717, 1.165) is 59.3 Å². The predicted octanol–water partition coefficient (Wildman–Crippen LogP) is 5.01. The lowest BCUT2D eigenvalue weighted by Crippen LogP contribution is -2.26. The van der Waals surface area contributed by atoms with Crippen molar-refractivity contribution in [3.05, 3.63) is 100.0 Å². The zero-order chi connectivity index (χ0) is 25.8. The smallest absolute Gasteiger partial charge is 0.292 e. The summed E-state index contributed by atoms with van der Waals surface area (Å²) in [6.45, 7) is 6.94. The number of aromatic amines is 1. The van der Waals surface area contributed by atoms with E-state index in [9.17, 15) is 4.79 Å². The number of benzene rings is 2. The van der Waals surface area contributed by atoms with E-state index >= 15 is 0 Å². The van der Waals surface area contributed by atoms with Gasteiger partial charge in [-0.15, -0.1) is 10.2 Å². The number of pyridine rings is 1. The van der Waals surface area contributed by atoms with Gasteiger partial charge in [0.1, 0.15) is 0 Å². The number of aromatic nitrogens is 7. The Hall–Kier alpha value is -4.33. The molecule has 5 rings (SSSR count). The van der Waals surface area contributed by atoms with Gasteiger partial charge in [-0.2, -0.15) is 5.21 Å². The van der Waals surface area contributed by atoms with E-state index in [2.05, 4.69) is 88.8 Å². The molecule has 3 aromatic heterocycles.